The lowest BCUT2D eigenvalue weighted by atomic mass is 10.0. The SMILES string of the molecule is CC(C)(C)OC(=O)N[C@@H]1CCCN([C@H]2Cc3c(Cl)cc(Cl)cc3[C@@H]2Oc2ccc(SCc3ccccc3)cc2)C1. The molecule has 0 saturated carbocycles. The van der Waals surface area contributed by atoms with Crippen molar-refractivity contribution in [3.05, 3.63) is 93.5 Å². The Morgan fingerprint density at radius 1 is 1.07 bits per heavy atom. The van der Waals surface area contributed by atoms with Gasteiger partial charge in [0.05, 0.1) is 6.04 Å². The fraction of sp³-hybridized carbons (Fsp3) is 0.406. The van der Waals surface area contributed by atoms with Crippen molar-refractivity contribution in [3.8, 4) is 5.75 Å². The van der Waals surface area contributed by atoms with Gasteiger partial charge in [-0.25, -0.2) is 4.79 Å². The maximum Gasteiger partial charge on any atom is 0.407 e. The first-order valence-electron chi connectivity index (χ1n) is 13.8. The minimum Gasteiger partial charge on any atom is -0.484 e. The van der Waals surface area contributed by atoms with Gasteiger partial charge in [0.25, 0.3) is 0 Å². The average Bonchev–Trinajstić information content (AvgIpc) is 3.26. The summed E-state index contributed by atoms with van der Waals surface area (Å²) in [6, 6.07) is 22.6. The number of amides is 1. The minimum absolute atomic E-state index is 0.00736. The number of likely N-dealkylation sites (tertiary alicyclic amines) is 1. The summed E-state index contributed by atoms with van der Waals surface area (Å²) in [7, 11) is 0. The number of nitrogens with one attached hydrogen (secondary N) is 1. The molecule has 1 aliphatic heterocycles. The van der Waals surface area contributed by atoms with Crippen LogP contribution in [0.4, 0.5) is 4.79 Å². The van der Waals surface area contributed by atoms with Crippen molar-refractivity contribution < 1.29 is 14.3 Å². The Morgan fingerprint density at radius 2 is 1.82 bits per heavy atom. The van der Waals surface area contributed by atoms with E-state index >= 15 is 0 Å². The van der Waals surface area contributed by atoms with Crippen LogP contribution in [0.5, 0.6) is 5.75 Å². The second-order valence-electron chi connectivity index (χ2n) is 11.5. The van der Waals surface area contributed by atoms with Gasteiger partial charge in [-0.3, -0.25) is 4.90 Å². The molecule has 1 heterocycles. The van der Waals surface area contributed by atoms with E-state index in [1.54, 1.807) is 11.8 Å². The number of piperidine rings is 1. The van der Waals surface area contributed by atoms with Gasteiger partial charge in [0.2, 0.25) is 0 Å². The molecule has 1 amide bonds. The van der Waals surface area contributed by atoms with Crippen LogP contribution in [-0.4, -0.2) is 41.8 Å². The zero-order valence-corrected chi connectivity index (χ0v) is 25.5. The molecule has 3 aromatic rings. The molecule has 1 aliphatic carbocycles. The molecule has 40 heavy (non-hydrogen) atoms. The van der Waals surface area contributed by atoms with Crippen molar-refractivity contribution in [2.24, 2.45) is 0 Å². The first kappa shape index (κ1) is 29.1. The lowest BCUT2D eigenvalue weighted by Gasteiger charge is -2.39. The van der Waals surface area contributed by atoms with Crippen LogP contribution in [0, 0.1) is 0 Å². The Balaban J connectivity index is 1.30. The van der Waals surface area contributed by atoms with Gasteiger partial charge in [0, 0.05) is 38.8 Å². The van der Waals surface area contributed by atoms with Crippen LogP contribution < -0.4 is 10.1 Å². The summed E-state index contributed by atoms with van der Waals surface area (Å²) < 4.78 is 12.2. The van der Waals surface area contributed by atoms with Crippen molar-refractivity contribution >= 4 is 41.1 Å². The number of fused-ring (bicyclic) bond motifs is 1. The largest absolute Gasteiger partial charge is 0.484 e. The van der Waals surface area contributed by atoms with E-state index in [1.165, 1.54) is 10.5 Å². The number of hydrogen-bond donors (Lipinski definition) is 1. The Labute approximate surface area is 251 Å². The second-order valence-corrected chi connectivity index (χ2v) is 13.4. The number of alkyl carbamates (subject to hydrolysis) is 1. The third-order valence-corrected chi connectivity index (χ3v) is 8.88. The zero-order chi connectivity index (χ0) is 28.3. The lowest BCUT2D eigenvalue weighted by Crippen LogP contribution is -2.53. The van der Waals surface area contributed by atoms with E-state index in [2.05, 4.69) is 46.6 Å². The van der Waals surface area contributed by atoms with Gasteiger partial charge in [0.1, 0.15) is 17.5 Å². The summed E-state index contributed by atoms with van der Waals surface area (Å²) in [5.74, 6) is 1.73. The number of carbonyl (C=O) groups excluding carboxylic acids is 1. The van der Waals surface area contributed by atoms with E-state index in [0.29, 0.717) is 10.0 Å². The molecule has 2 aliphatic rings. The predicted molar refractivity (Wildman–Crippen MR) is 164 cm³/mol. The van der Waals surface area contributed by atoms with Gasteiger partial charge in [0.15, 0.2) is 0 Å². The topological polar surface area (TPSA) is 50.8 Å². The second kappa shape index (κ2) is 12.6. The fourth-order valence-electron chi connectivity index (χ4n) is 5.48. The van der Waals surface area contributed by atoms with Crippen LogP contribution in [0.25, 0.3) is 0 Å². The third kappa shape index (κ3) is 7.47. The molecule has 1 N–H and O–H groups in total. The molecule has 0 bridgehead atoms. The van der Waals surface area contributed by atoms with Gasteiger partial charge in [-0.15, -0.1) is 11.8 Å². The standard InChI is InChI=1S/C32H36Cl2N2O3S/c1-32(2,3)39-31(37)35-23-10-7-15-36(19-23)29-18-26-27(16-22(33)17-28(26)34)30(29)38-24-11-13-25(14-12-24)40-20-21-8-5-4-6-9-21/h4-6,8-9,11-14,16-17,23,29-30H,7,10,15,18-20H2,1-3H3,(H,35,37)/t23-,29+,30+/m1/s1. The number of nitrogens with zero attached hydrogens (tertiary/aromatic N) is 1. The van der Waals surface area contributed by atoms with Gasteiger partial charge in [-0.05, 0) is 94.1 Å². The van der Waals surface area contributed by atoms with Gasteiger partial charge in [-0.1, -0.05) is 53.5 Å². The van der Waals surface area contributed by atoms with Crippen LogP contribution in [-0.2, 0) is 16.9 Å². The number of carbonyl (C=O) groups is 1. The van der Waals surface area contributed by atoms with Crippen molar-refractivity contribution in [1.82, 2.24) is 10.2 Å². The van der Waals surface area contributed by atoms with E-state index < -0.39 is 5.60 Å². The highest BCUT2D eigenvalue weighted by Gasteiger charge is 2.41. The maximum absolute atomic E-state index is 12.5. The molecule has 0 aromatic heterocycles. The van der Waals surface area contributed by atoms with E-state index in [-0.39, 0.29) is 24.3 Å². The summed E-state index contributed by atoms with van der Waals surface area (Å²) >= 11 is 14.9. The van der Waals surface area contributed by atoms with E-state index in [4.69, 9.17) is 32.7 Å². The van der Waals surface area contributed by atoms with Crippen molar-refractivity contribution in [2.45, 2.75) is 74.5 Å². The summed E-state index contributed by atoms with van der Waals surface area (Å²) in [5, 5.41) is 4.35. The number of ether oxygens (including phenoxy) is 2. The molecule has 0 radical (unpaired) electrons. The first-order valence-corrected chi connectivity index (χ1v) is 15.5. The van der Waals surface area contributed by atoms with Crippen LogP contribution in [0.15, 0.2) is 71.6 Å². The lowest BCUT2D eigenvalue weighted by molar-refractivity contribution is 0.0362. The quantitative estimate of drug-likeness (QED) is 0.277. The molecule has 3 aromatic carbocycles. The molecule has 0 unspecified atom stereocenters. The highest BCUT2D eigenvalue weighted by molar-refractivity contribution is 7.98. The summed E-state index contributed by atoms with van der Waals surface area (Å²) in [6.07, 6.45) is 2.05. The van der Waals surface area contributed by atoms with Crippen LogP contribution in [0.2, 0.25) is 10.0 Å². The van der Waals surface area contributed by atoms with E-state index in [0.717, 1.165) is 55.0 Å². The fourth-order valence-corrected chi connectivity index (χ4v) is 6.92. The van der Waals surface area contributed by atoms with Crippen molar-refractivity contribution in [3.63, 3.8) is 0 Å². The maximum atomic E-state index is 12.5. The van der Waals surface area contributed by atoms with Crippen LogP contribution >= 0.6 is 35.0 Å². The van der Waals surface area contributed by atoms with Crippen LogP contribution in [0.3, 0.4) is 0 Å². The van der Waals surface area contributed by atoms with Crippen molar-refractivity contribution in [2.75, 3.05) is 13.1 Å². The number of rotatable bonds is 7. The van der Waals surface area contributed by atoms with Gasteiger partial charge in [-0.2, -0.15) is 0 Å². The summed E-state index contributed by atoms with van der Waals surface area (Å²) in [6.45, 7) is 7.27. The van der Waals surface area contributed by atoms with E-state index in [1.807, 2.05) is 51.1 Å². The van der Waals surface area contributed by atoms with Gasteiger partial charge < -0.3 is 14.8 Å². The zero-order valence-electron chi connectivity index (χ0n) is 23.2. The Hall–Kier alpha value is -2.38. The molecule has 212 valence electrons. The molecular weight excluding hydrogens is 563 g/mol. The Kier molecular flexibility index (Phi) is 9.21. The van der Waals surface area contributed by atoms with Gasteiger partial charge >= 0.3 is 6.09 Å². The highest BCUT2D eigenvalue weighted by Crippen LogP contribution is 2.43. The average molecular weight is 600 g/mol. The molecular formula is C32H36Cl2N2O3S. The molecule has 3 atom stereocenters. The van der Waals surface area contributed by atoms with E-state index in [9.17, 15) is 4.79 Å². The number of hydrogen-bond acceptors (Lipinski definition) is 5. The molecule has 0 spiro atoms. The monoisotopic (exact) mass is 598 g/mol. The smallest absolute Gasteiger partial charge is 0.407 e. The highest BCUT2D eigenvalue weighted by atomic mass is 35.5. The minimum atomic E-state index is -0.532. The summed E-state index contributed by atoms with van der Waals surface area (Å²) in [4.78, 5) is 16.1. The number of thioether (sulfide) groups is 1. The summed E-state index contributed by atoms with van der Waals surface area (Å²) in [5.41, 5.74) is 2.88. The number of halogens is 2. The van der Waals surface area contributed by atoms with Crippen LogP contribution in [0.1, 0.15) is 56.4 Å². The Bertz CT molecular complexity index is 1310. The molecule has 1 saturated heterocycles. The normalized spacial score (nSPS) is 21.1. The molecule has 8 heteroatoms. The molecule has 5 rings (SSSR count). The Morgan fingerprint density at radius 3 is 2.55 bits per heavy atom. The van der Waals surface area contributed by atoms with Crippen molar-refractivity contribution in [1.29, 1.82) is 0 Å². The molecule has 5 nitrogen and oxygen atoms in total. The molecule has 1 fully saturated rings. The third-order valence-electron chi connectivity index (χ3n) is 7.24. The number of benzene rings is 3. The predicted octanol–water partition coefficient (Wildman–Crippen LogP) is 8.32. The first-order chi connectivity index (χ1) is 19.1.